The Bertz CT molecular complexity index is 150. The van der Waals surface area contributed by atoms with Crippen molar-refractivity contribution >= 4 is 85.8 Å². The summed E-state index contributed by atoms with van der Waals surface area (Å²) in [5.74, 6) is 10.8. The molecular weight excluding hydrogens is 357 g/mol. The fourth-order valence-corrected chi connectivity index (χ4v) is 6.70. The van der Waals surface area contributed by atoms with Crippen molar-refractivity contribution in [3.8, 4) is 0 Å². The van der Waals surface area contributed by atoms with Gasteiger partial charge in [-0.05, 0) is 23.0 Å². The van der Waals surface area contributed by atoms with E-state index in [0.29, 0.717) is 5.41 Å². The van der Waals surface area contributed by atoms with Crippen LogP contribution in [0.3, 0.4) is 0 Å². The molecule has 0 nitrogen and oxygen atoms in total. The van der Waals surface area contributed by atoms with Gasteiger partial charge in [-0.1, -0.05) is 0 Å². The van der Waals surface area contributed by atoms with Crippen LogP contribution in [0.1, 0.15) is 0 Å². The van der Waals surface area contributed by atoms with Gasteiger partial charge < -0.3 is 0 Å². The third-order valence-electron chi connectivity index (χ3n) is 2.27. The Morgan fingerprint density at radius 2 is 0.944 bits per heavy atom. The van der Waals surface area contributed by atoms with Crippen LogP contribution in [0.5, 0.6) is 0 Å². The second kappa shape index (κ2) is 14.4. The lowest BCUT2D eigenvalue weighted by molar-refractivity contribution is 0.517. The van der Waals surface area contributed by atoms with Gasteiger partial charge in [-0.2, -0.15) is 85.8 Å². The highest BCUT2D eigenvalue weighted by Gasteiger charge is 2.28. The summed E-state index contributed by atoms with van der Waals surface area (Å²) in [6.07, 6.45) is 0. The van der Waals surface area contributed by atoms with Crippen molar-refractivity contribution < 1.29 is 0 Å². The van der Waals surface area contributed by atoms with Gasteiger partial charge in [0.25, 0.3) is 0 Å². The van der Waals surface area contributed by atoms with Crippen LogP contribution < -0.4 is 0 Å². The quantitative estimate of drug-likeness (QED) is 0.283. The second-order valence-corrected chi connectivity index (χ2v) is 8.96. The van der Waals surface area contributed by atoms with E-state index in [2.05, 4.69) is 50.5 Å². The largest absolute Gasteiger partial charge is 0.179 e. The molecule has 0 rings (SSSR count). The van der Waals surface area contributed by atoms with Gasteiger partial charge in [0.05, 0.1) is 0 Å². The lowest BCUT2D eigenvalue weighted by Crippen LogP contribution is -2.33. The maximum absolute atomic E-state index is 4.61. The number of thioether (sulfide) groups is 3. The van der Waals surface area contributed by atoms with Crippen molar-refractivity contribution in [2.24, 2.45) is 5.41 Å². The number of rotatable bonds is 13. The molecule has 0 heterocycles. The number of thiol groups is 4. The molecule has 18 heavy (non-hydrogen) atoms. The Kier molecular flexibility index (Phi) is 16.3. The Balaban J connectivity index is 4.20. The zero-order chi connectivity index (χ0) is 13.7. The van der Waals surface area contributed by atoms with Crippen LogP contribution in [0.4, 0.5) is 0 Å². The maximum Gasteiger partial charge on any atom is 0.00625 e. The fraction of sp³-hybridized carbons (Fsp3) is 1.00. The molecule has 0 aromatic rings. The van der Waals surface area contributed by atoms with Crippen LogP contribution in [-0.2, 0) is 0 Å². The molecule has 7 heteroatoms. The molecule has 0 fully saturated rings. The molecule has 110 valence electrons. The summed E-state index contributed by atoms with van der Waals surface area (Å²) in [7, 11) is 0. The molecule has 0 saturated carbocycles. The minimum absolute atomic E-state index is 0.345. The van der Waals surface area contributed by atoms with Crippen LogP contribution >= 0.6 is 85.8 Å². The van der Waals surface area contributed by atoms with Crippen LogP contribution in [0.15, 0.2) is 0 Å². The molecule has 0 aliphatic heterocycles. The summed E-state index contributed by atoms with van der Waals surface area (Å²) in [5.41, 5.74) is 0.345. The highest BCUT2D eigenvalue weighted by atomic mass is 32.2. The summed E-state index contributed by atoms with van der Waals surface area (Å²) in [5, 5.41) is 0. The van der Waals surface area contributed by atoms with Crippen molar-refractivity contribution in [3.63, 3.8) is 0 Å². The van der Waals surface area contributed by atoms with Gasteiger partial charge in [-0.25, -0.2) is 0 Å². The first kappa shape index (κ1) is 20.5. The van der Waals surface area contributed by atoms with Crippen molar-refractivity contribution in [2.75, 3.05) is 57.5 Å². The molecule has 0 saturated heterocycles. The van der Waals surface area contributed by atoms with E-state index < -0.39 is 0 Å². The first-order chi connectivity index (χ1) is 8.74. The third-order valence-corrected chi connectivity index (χ3v) is 8.44. The van der Waals surface area contributed by atoms with Gasteiger partial charge in [0, 0.05) is 39.9 Å². The van der Waals surface area contributed by atoms with Gasteiger partial charge in [-0.15, -0.1) is 0 Å². The fourth-order valence-electron chi connectivity index (χ4n) is 1.32. The average molecular weight is 381 g/mol. The van der Waals surface area contributed by atoms with E-state index in [9.17, 15) is 0 Å². The molecule has 0 bridgehead atoms. The molecule has 0 spiro atoms. The summed E-state index contributed by atoms with van der Waals surface area (Å²) < 4.78 is 0. The third kappa shape index (κ3) is 10.2. The predicted molar refractivity (Wildman–Crippen MR) is 110 cm³/mol. The SMILES string of the molecule is SCCSCC(CS)(CSCCS)CSCCS. The minimum Gasteiger partial charge on any atom is -0.179 e. The van der Waals surface area contributed by atoms with E-state index in [-0.39, 0.29) is 0 Å². The molecule has 0 aliphatic rings. The van der Waals surface area contributed by atoms with Crippen molar-refractivity contribution in [2.45, 2.75) is 0 Å². The van der Waals surface area contributed by atoms with Gasteiger partial charge in [0.1, 0.15) is 0 Å². The van der Waals surface area contributed by atoms with Crippen LogP contribution in [-0.4, -0.2) is 57.5 Å². The topological polar surface area (TPSA) is 0 Å². The summed E-state index contributed by atoms with van der Waals surface area (Å²) in [6, 6.07) is 0. The summed E-state index contributed by atoms with van der Waals surface area (Å²) in [6.45, 7) is 0. The van der Waals surface area contributed by atoms with E-state index in [1.165, 1.54) is 17.3 Å². The monoisotopic (exact) mass is 380 g/mol. The zero-order valence-corrected chi connectivity index (χ0v) is 16.6. The molecule has 0 amide bonds. The Hall–Kier alpha value is 2.45. The predicted octanol–water partition coefficient (Wildman–Crippen LogP) is 3.89. The van der Waals surface area contributed by atoms with Crippen molar-refractivity contribution in [3.05, 3.63) is 0 Å². The molecule has 0 aromatic carbocycles. The van der Waals surface area contributed by atoms with Crippen molar-refractivity contribution in [1.82, 2.24) is 0 Å². The van der Waals surface area contributed by atoms with Crippen molar-refractivity contribution in [1.29, 1.82) is 0 Å². The number of hydrogen-bond donors (Lipinski definition) is 4. The molecule has 0 aliphatic carbocycles. The van der Waals surface area contributed by atoms with Crippen LogP contribution in [0.2, 0.25) is 0 Å². The Morgan fingerprint density at radius 1 is 0.611 bits per heavy atom. The highest BCUT2D eigenvalue weighted by molar-refractivity contribution is 8.01. The Morgan fingerprint density at radius 3 is 1.17 bits per heavy atom. The second-order valence-electron chi connectivity index (χ2n) is 3.99. The normalized spacial score (nSPS) is 12.0. The van der Waals surface area contributed by atoms with E-state index in [0.717, 1.165) is 40.3 Å². The van der Waals surface area contributed by atoms with Gasteiger partial charge in [0.2, 0.25) is 0 Å². The molecule has 0 N–H and O–H groups in total. The van der Waals surface area contributed by atoms with E-state index >= 15 is 0 Å². The van der Waals surface area contributed by atoms with Crippen LogP contribution in [0.25, 0.3) is 0 Å². The summed E-state index contributed by atoms with van der Waals surface area (Å²) >= 11 is 23.5. The molecule has 0 radical (unpaired) electrons. The molecule has 0 atom stereocenters. The maximum atomic E-state index is 4.61. The summed E-state index contributed by atoms with van der Waals surface area (Å²) in [4.78, 5) is 0. The zero-order valence-electron chi connectivity index (χ0n) is 10.6. The molecule has 0 aromatic heterocycles. The smallest absolute Gasteiger partial charge is 0.00625 e. The lowest BCUT2D eigenvalue weighted by atomic mass is 9.99. The highest BCUT2D eigenvalue weighted by Crippen LogP contribution is 2.33. The van der Waals surface area contributed by atoms with Gasteiger partial charge >= 0.3 is 0 Å². The average Bonchev–Trinajstić information content (AvgIpc) is 2.39. The number of hydrogen-bond acceptors (Lipinski definition) is 7. The first-order valence-electron chi connectivity index (χ1n) is 5.91. The van der Waals surface area contributed by atoms with Gasteiger partial charge in [0.15, 0.2) is 0 Å². The van der Waals surface area contributed by atoms with Gasteiger partial charge in [-0.3, -0.25) is 0 Å². The standard InChI is InChI=1S/C11H24S7/c12-1-4-16-8-11(7-15,9-17-5-2-13)10-18-6-3-14/h12-15H,1-10H2. The van der Waals surface area contributed by atoms with E-state index in [1.54, 1.807) is 0 Å². The molecule has 0 unspecified atom stereocenters. The lowest BCUT2D eigenvalue weighted by Gasteiger charge is -2.31. The minimum atomic E-state index is 0.345. The Labute approximate surface area is 147 Å². The molecular formula is C11H24S7. The van der Waals surface area contributed by atoms with Crippen LogP contribution in [0, 0.1) is 5.41 Å². The van der Waals surface area contributed by atoms with E-state index in [1.807, 2.05) is 35.3 Å². The van der Waals surface area contributed by atoms with E-state index in [4.69, 9.17) is 0 Å². The first-order valence-corrected chi connectivity index (χ1v) is 11.9.